The molecule has 4 heterocycles. The van der Waals surface area contributed by atoms with Gasteiger partial charge < -0.3 is 40.9 Å². The third-order valence-electron chi connectivity index (χ3n) is 7.75. The highest BCUT2D eigenvalue weighted by Crippen LogP contribution is 2.43. The third kappa shape index (κ3) is 7.33. The molecule has 2 aliphatic heterocycles. The highest BCUT2D eigenvalue weighted by molar-refractivity contribution is 9.10. The van der Waals surface area contributed by atoms with Gasteiger partial charge in [-0.1, -0.05) is 18.2 Å². The number of amides is 1. The molecule has 6 N–H and O–H groups in total. The van der Waals surface area contributed by atoms with Gasteiger partial charge in [0, 0.05) is 29.0 Å². The molecule has 1 saturated heterocycles. The Kier molecular flexibility index (Phi) is 10.3. The summed E-state index contributed by atoms with van der Waals surface area (Å²) < 4.78 is 19.4. The molecule has 1 unspecified atom stereocenters. The van der Waals surface area contributed by atoms with Gasteiger partial charge in [0.25, 0.3) is 5.91 Å². The van der Waals surface area contributed by atoms with E-state index in [9.17, 15) is 9.59 Å². The van der Waals surface area contributed by atoms with Crippen LogP contribution in [0.2, 0.25) is 0 Å². The summed E-state index contributed by atoms with van der Waals surface area (Å²) in [6, 6.07) is 3.07. The highest BCUT2D eigenvalue weighted by atomic mass is 79.9. The van der Waals surface area contributed by atoms with Crippen LogP contribution < -0.4 is 26.7 Å². The fraction of sp³-hybridized carbons (Fsp3) is 0.536. The standard InChI is InChI=1S/C28H37BrN8O5S/c1-16(42-27(39)19(31)4-2-3-8-30)26(38)36-9-5-17(6-10-36)7-11-37-25-23(24(32)33-14-34-25)35-28(37)43-22-13-21-20(12-18(22)29)40-15-41-21/h12-14,16-17,19H,2-11,15,30-31H2,1H3,(H2,32,33,34)/t16-,19?/m0/s1. The lowest BCUT2D eigenvalue weighted by molar-refractivity contribution is -0.160. The van der Waals surface area contributed by atoms with Crippen molar-refractivity contribution in [1.82, 2.24) is 24.4 Å². The van der Waals surface area contributed by atoms with Crippen molar-refractivity contribution in [2.45, 2.75) is 74.2 Å². The summed E-state index contributed by atoms with van der Waals surface area (Å²) in [7, 11) is 0. The molecule has 0 radical (unpaired) electrons. The third-order valence-corrected chi connectivity index (χ3v) is 9.72. The van der Waals surface area contributed by atoms with Gasteiger partial charge in [-0.2, -0.15) is 0 Å². The lowest BCUT2D eigenvalue weighted by atomic mass is 9.93. The van der Waals surface area contributed by atoms with Crippen LogP contribution in [-0.2, 0) is 20.9 Å². The number of hydrogen-bond donors (Lipinski definition) is 3. The Hall–Kier alpha value is -3.14. The van der Waals surface area contributed by atoms with Crippen LogP contribution in [0.1, 0.15) is 45.4 Å². The number of nitrogens with two attached hydrogens (primary N) is 3. The Morgan fingerprint density at radius 3 is 2.67 bits per heavy atom. The van der Waals surface area contributed by atoms with Gasteiger partial charge in [-0.25, -0.2) is 15.0 Å². The number of benzene rings is 1. The summed E-state index contributed by atoms with van der Waals surface area (Å²) in [6.07, 6.45) is 5.15. The number of esters is 1. The van der Waals surface area contributed by atoms with Gasteiger partial charge >= 0.3 is 5.97 Å². The second kappa shape index (κ2) is 14.1. The van der Waals surface area contributed by atoms with Crippen LogP contribution in [0.15, 0.2) is 33.0 Å². The molecule has 5 rings (SSSR count). The monoisotopic (exact) mass is 676 g/mol. The van der Waals surface area contributed by atoms with Crippen LogP contribution in [0.3, 0.4) is 0 Å². The molecule has 2 aromatic heterocycles. The second-order valence-corrected chi connectivity index (χ2v) is 12.6. The number of fused-ring (bicyclic) bond motifs is 2. The van der Waals surface area contributed by atoms with Gasteiger partial charge in [-0.15, -0.1) is 0 Å². The Morgan fingerprint density at radius 2 is 1.93 bits per heavy atom. The number of ether oxygens (including phenoxy) is 3. The number of aromatic nitrogens is 4. The smallest absolute Gasteiger partial charge is 0.323 e. The molecule has 1 fully saturated rings. The molecule has 1 aromatic carbocycles. The van der Waals surface area contributed by atoms with Crippen molar-refractivity contribution in [2.24, 2.45) is 17.4 Å². The van der Waals surface area contributed by atoms with Crippen molar-refractivity contribution < 1.29 is 23.8 Å². The van der Waals surface area contributed by atoms with Crippen molar-refractivity contribution in [3.05, 3.63) is 22.9 Å². The SMILES string of the molecule is C[C@H](OC(=O)C(N)CCCCN)C(=O)N1CCC(CCn2c(Sc3cc4c(cc3Br)OCO4)nc3c(N)ncnc32)CC1. The van der Waals surface area contributed by atoms with Crippen LogP contribution in [0.5, 0.6) is 11.5 Å². The van der Waals surface area contributed by atoms with E-state index in [1.807, 2.05) is 12.1 Å². The van der Waals surface area contributed by atoms with Gasteiger partial charge in [-0.3, -0.25) is 9.59 Å². The van der Waals surface area contributed by atoms with Crippen LogP contribution in [-0.4, -0.2) is 74.9 Å². The zero-order valence-electron chi connectivity index (χ0n) is 24.0. The van der Waals surface area contributed by atoms with E-state index in [1.165, 1.54) is 18.1 Å². The van der Waals surface area contributed by atoms with Gasteiger partial charge in [0.05, 0.1) is 0 Å². The number of piperidine rings is 1. The van der Waals surface area contributed by atoms with Crippen molar-refractivity contribution in [3.63, 3.8) is 0 Å². The van der Waals surface area contributed by atoms with E-state index >= 15 is 0 Å². The highest BCUT2D eigenvalue weighted by Gasteiger charge is 2.30. The zero-order valence-corrected chi connectivity index (χ0v) is 26.4. The van der Waals surface area contributed by atoms with Crippen molar-refractivity contribution >= 4 is 56.6 Å². The molecule has 0 spiro atoms. The van der Waals surface area contributed by atoms with Crippen LogP contribution >= 0.6 is 27.7 Å². The first kappa shape index (κ1) is 31.3. The largest absolute Gasteiger partial charge is 0.454 e. The molecule has 0 saturated carbocycles. The first-order valence-electron chi connectivity index (χ1n) is 14.4. The molecule has 2 atom stereocenters. The number of rotatable bonds is 12. The van der Waals surface area contributed by atoms with E-state index < -0.39 is 18.1 Å². The van der Waals surface area contributed by atoms with Gasteiger partial charge in [0.2, 0.25) is 6.79 Å². The lowest BCUT2D eigenvalue weighted by Gasteiger charge is -2.33. The van der Waals surface area contributed by atoms with Crippen LogP contribution in [0, 0.1) is 5.92 Å². The van der Waals surface area contributed by atoms with Crippen molar-refractivity contribution in [1.29, 1.82) is 0 Å². The number of aryl methyl sites for hydroxylation is 1. The number of nitrogen functional groups attached to an aromatic ring is 1. The number of likely N-dealkylation sites (tertiary alicyclic amines) is 1. The quantitative estimate of drug-likeness (QED) is 0.188. The average Bonchev–Trinajstić information content (AvgIpc) is 3.60. The molecular formula is C28H37BrN8O5S. The number of nitrogens with zero attached hydrogens (tertiary/aromatic N) is 5. The van der Waals surface area contributed by atoms with E-state index in [-0.39, 0.29) is 12.7 Å². The fourth-order valence-electron chi connectivity index (χ4n) is 5.24. The summed E-state index contributed by atoms with van der Waals surface area (Å²) in [5.74, 6) is 1.36. The molecule has 0 aliphatic carbocycles. The molecule has 0 bridgehead atoms. The van der Waals surface area contributed by atoms with E-state index in [4.69, 9.17) is 36.4 Å². The van der Waals surface area contributed by atoms with Crippen molar-refractivity contribution in [3.8, 4) is 11.5 Å². The van der Waals surface area contributed by atoms with Gasteiger partial charge in [0.15, 0.2) is 39.7 Å². The van der Waals surface area contributed by atoms with E-state index in [0.717, 1.165) is 46.6 Å². The van der Waals surface area contributed by atoms with Gasteiger partial charge in [0.1, 0.15) is 12.4 Å². The zero-order chi connectivity index (χ0) is 30.5. The number of halogens is 1. The Balaban J connectivity index is 1.19. The molecule has 2 aliphatic rings. The topological polar surface area (TPSA) is 187 Å². The Morgan fingerprint density at radius 1 is 1.19 bits per heavy atom. The maximum atomic E-state index is 13.0. The van der Waals surface area contributed by atoms with E-state index in [2.05, 4.69) is 30.5 Å². The number of anilines is 1. The summed E-state index contributed by atoms with van der Waals surface area (Å²) in [4.78, 5) is 41.4. The molecular weight excluding hydrogens is 640 g/mol. The Labute approximate surface area is 262 Å². The minimum atomic E-state index is -0.873. The average molecular weight is 678 g/mol. The molecule has 13 nitrogen and oxygen atoms in total. The predicted octanol–water partition coefficient (Wildman–Crippen LogP) is 3.07. The predicted molar refractivity (Wildman–Crippen MR) is 164 cm³/mol. The molecule has 43 heavy (non-hydrogen) atoms. The number of imidazole rings is 1. The normalized spacial score (nSPS) is 16.4. The number of carbonyl (C=O) groups is 2. The minimum absolute atomic E-state index is 0.193. The second-order valence-electron chi connectivity index (χ2n) is 10.7. The maximum absolute atomic E-state index is 13.0. The summed E-state index contributed by atoms with van der Waals surface area (Å²) in [5.41, 5.74) is 18.8. The first-order valence-corrected chi connectivity index (χ1v) is 16.0. The number of unbranched alkanes of at least 4 members (excludes halogenated alkanes) is 1. The van der Waals surface area contributed by atoms with E-state index in [0.29, 0.717) is 67.0 Å². The lowest BCUT2D eigenvalue weighted by Crippen LogP contribution is -2.46. The van der Waals surface area contributed by atoms with E-state index in [1.54, 1.807) is 11.8 Å². The van der Waals surface area contributed by atoms with Crippen molar-refractivity contribution in [2.75, 3.05) is 32.2 Å². The maximum Gasteiger partial charge on any atom is 0.323 e. The first-order chi connectivity index (χ1) is 20.7. The minimum Gasteiger partial charge on any atom is -0.454 e. The van der Waals surface area contributed by atoms with Crippen LogP contribution in [0.25, 0.3) is 11.2 Å². The molecule has 1 amide bonds. The molecule has 15 heteroatoms. The summed E-state index contributed by atoms with van der Waals surface area (Å²) in [6.45, 7) is 4.21. The Bertz CT molecular complexity index is 1460. The molecule has 232 valence electrons. The number of carbonyl (C=O) groups excluding carboxylic acids is 2. The van der Waals surface area contributed by atoms with Crippen LogP contribution in [0.4, 0.5) is 5.82 Å². The fourth-order valence-corrected chi connectivity index (χ4v) is 6.75. The number of hydrogen-bond acceptors (Lipinski definition) is 12. The van der Waals surface area contributed by atoms with Gasteiger partial charge in [-0.05, 0) is 79.6 Å². The summed E-state index contributed by atoms with van der Waals surface area (Å²) >= 11 is 5.12. The molecule has 3 aromatic rings. The summed E-state index contributed by atoms with van der Waals surface area (Å²) in [5, 5.41) is 0.742.